The summed E-state index contributed by atoms with van der Waals surface area (Å²) in [5.74, 6) is 0.820. The van der Waals surface area contributed by atoms with Gasteiger partial charge in [-0.1, -0.05) is 26.0 Å². The number of hydrogen-bond acceptors (Lipinski definition) is 7. The van der Waals surface area contributed by atoms with E-state index < -0.39 is 14.9 Å². The molecule has 9 nitrogen and oxygen atoms in total. The Kier molecular flexibility index (Phi) is 8.28. The predicted molar refractivity (Wildman–Crippen MR) is 128 cm³/mol. The van der Waals surface area contributed by atoms with E-state index in [0.29, 0.717) is 31.9 Å². The van der Waals surface area contributed by atoms with Crippen LogP contribution in [0.1, 0.15) is 25.8 Å². The van der Waals surface area contributed by atoms with Gasteiger partial charge in [0.1, 0.15) is 10.6 Å². The molecule has 1 heterocycles. The lowest BCUT2D eigenvalue weighted by Gasteiger charge is -2.27. The van der Waals surface area contributed by atoms with Crippen molar-refractivity contribution in [1.29, 1.82) is 0 Å². The van der Waals surface area contributed by atoms with Crippen molar-refractivity contribution in [3.8, 4) is 5.75 Å². The van der Waals surface area contributed by atoms with Crippen LogP contribution >= 0.6 is 0 Å². The second kappa shape index (κ2) is 11.0. The topological polar surface area (TPSA) is 96.2 Å². The van der Waals surface area contributed by atoms with Crippen molar-refractivity contribution < 1.29 is 18.1 Å². The minimum absolute atomic E-state index is 0.00371. The standard InChI is InChI=1S/C23H32N4O5S/c1-4-26(5-2)33(30,31)23-17-20(27(28)29)9-12-22(23)25-14-6-13-24(15-16-25)18-19-7-10-21(32-3)11-8-19/h7-12,17H,4-6,13-16,18H2,1-3H3. The van der Waals surface area contributed by atoms with Gasteiger partial charge in [0.05, 0.1) is 17.7 Å². The van der Waals surface area contributed by atoms with E-state index in [1.807, 2.05) is 29.2 Å². The second-order valence-corrected chi connectivity index (χ2v) is 9.87. The first-order valence-electron chi connectivity index (χ1n) is 11.2. The molecule has 0 spiro atoms. The lowest BCUT2D eigenvalue weighted by atomic mass is 10.2. The van der Waals surface area contributed by atoms with Crippen molar-refractivity contribution in [1.82, 2.24) is 9.21 Å². The Labute approximate surface area is 195 Å². The monoisotopic (exact) mass is 476 g/mol. The molecule has 3 rings (SSSR count). The Morgan fingerprint density at radius 1 is 1.03 bits per heavy atom. The minimum atomic E-state index is -3.86. The van der Waals surface area contributed by atoms with E-state index in [4.69, 9.17) is 4.74 Å². The first-order valence-corrected chi connectivity index (χ1v) is 12.6. The van der Waals surface area contributed by atoms with Crippen molar-refractivity contribution in [2.45, 2.75) is 31.7 Å². The maximum atomic E-state index is 13.3. The predicted octanol–water partition coefficient (Wildman–Crippen LogP) is 3.35. The van der Waals surface area contributed by atoms with Gasteiger partial charge in [-0.3, -0.25) is 15.0 Å². The van der Waals surface area contributed by atoms with Crippen LogP contribution in [-0.2, 0) is 16.6 Å². The summed E-state index contributed by atoms with van der Waals surface area (Å²) in [5.41, 5.74) is 1.49. The highest BCUT2D eigenvalue weighted by Gasteiger charge is 2.30. The smallest absolute Gasteiger partial charge is 0.270 e. The summed E-state index contributed by atoms with van der Waals surface area (Å²) in [4.78, 5) is 15.2. The molecule has 2 aromatic carbocycles. The molecule has 0 amide bonds. The zero-order valence-electron chi connectivity index (χ0n) is 19.4. The van der Waals surface area contributed by atoms with E-state index in [2.05, 4.69) is 4.90 Å². The Morgan fingerprint density at radius 3 is 2.33 bits per heavy atom. The molecule has 0 saturated carbocycles. The Balaban J connectivity index is 1.84. The third kappa shape index (κ3) is 5.82. The van der Waals surface area contributed by atoms with Gasteiger partial charge in [0.2, 0.25) is 10.0 Å². The molecule has 2 aromatic rings. The normalized spacial score (nSPS) is 15.5. The molecule has 0 aromatic heterocycles. The van der Waals surface area contributed by atoms with Crippen LogP contribution in [-0.4, -0.2) is 68.9 Å². The lowest BCUT2D eigenvalue weighted by molar-refractivity contribution is -0.385. The van der Waals surface area contributed by atoms with E-state index in [0.717, 1.165) is 31.8 Å². The highest BCUT2D eigenvalue weighted by atomic mass is 32.2. The van der Waals surface area contributed by atoms with E-state index in [-0.39, 0.29) is 10.6 Å². The summed E-state index contributed by atoms with van der Waals surface area (Å²) in [6, 6.07) is 12.1. The average molecular weight is 477 g/mol. The fraction of sp³-hybridized carbons (Fsp3) is 0.478. The molecular weight excluding hydrogens is 444 g/mol. The maximum Gasteiger partial charge on any atom is 0.270 e. The molecule has 10 heteroatoms. The SMILES string of the molecule is CCN(CC)S(=O)(=O)c1cc([N+](=O)[O-])ccc1N1CCCN(Cc2ccc(OC)cc2)CC1. The number of rotatable bonds is 9. The van der Waals surface area contributed by atoms with E-state index >= 15 is 0 Å². The van der Waals surface area contributed by atoms with Crippen LogP contribution in [0.25, 0.3) is 0 Å². The van der Waals surface area contributed by atoms with Crippen LogP contribution < -0.4 is 9.64 Å². The molecule has 1 saturated heterocycles. The largest absolute Gasteiger partial charge is 0.497 e. The van der Waals surface area contributed by atoms with Crippen LogP contribution in [0.3, 0.4) is 0 Å². The van der Waals surface area contributed by atoms with E-state index in [9.17, 15) is 18.5 Å². The number of nitrogens with zero attached hydrogens (tertiary/aromatic N) is 4. The van der Waals surface area contributed by atoms with Crippen molar-refractivity contribution in [3.05, 3.63) is 58.1 Å². The van der Waals surface area contributed by atoms with Gasteiger partial charge in [-0.25, -0.2) is 8.42 Å². The molecule has 1 fully saturated rings. The lowest BCUT2D eigenvalue weighted by Crippen LogP contribution is -2.34. The molecule has 180 valence electrons. The first-order chi connectivity index (χ1) is 15.8. The molecule has 0 radical (unpaired) electrons. The Bertz CT molecular complexity index is 1060. The summed E-state index contributed by atoms with van der Waals surface area (Å²) >= 11 is 0. The van der Waals surface area contributed by atoms with E-state index in [1.165, 1.54) is 22.0 Å². The minimum Gasteiger partial charge on any atom is -0.497 e. The van der Waals surface area contributed by atoms with Crippen LogP contribution in [0.5, 0.6) is 5.75 Å². The van der Waals surface area contributed by atoms with Crippen LogP contribution in [0.15, 0.2) is 47.4 Å². The summed E-state index contributed by atoms with van der Waals surface area (Å²) in [7, 11) is -2.21. The Morgan fingerprint density at radius 2 is 1.73 bits per heavy atom. The number of benzene rings is 2. The molecule has 1 aliphatic heterocycles. The number of hydrogen-bond donors (Lipinski definition) is 0. The number of anilines is 1. The van der Waals surface area contributed by atoms with Gasteiger partial charge in [-0.2, -0.15) is 4.31 Å². The summed E-state index contributed by atoms with van der Waals surface area (Å²) < 4.78 is 33.2. The van der Waals surface area contributed by atoms with Gasteiger partial charge in [0, 0.05) is 57.9 Å². The molecule has 33 heavy (non-hydrogen) atoms. The Hall–Kier alpha value is -2.69. The number of non-ortho nitro benzene ring substituents is 1. The summed E-state index contributed by atoms with van der Waals surface area (Å²) in [6.45, 7) is 7.88. The fourth-order valence-corrected chi connectivity index (χ4v) is 5.84. The highest BCUT2D eigenvalue weighted by Crippen LogP contribution is 2.32. The average Bonchev–Trinajstić information content (AvgIpc) is 3.05. The number of ether oxygens (including phenoxy) is 1. The summed E-state index contributed by atoms with van der Waals surface area (Å²) in [6.07, 6.45) is 0.859. The number of sulfonamides is 1. The molecular formula is C23H32N4O5S. The van der Waals surface area contributed by atoms with Gasteiger partial charge in [-0.05, 0) is 30.2 Å². The third-order valence-electron chi connectivity index (χ3n) is 5.97. The molecule has 1 aliphatic rings. The molecule has 0 atom stereocenters. The highest BCUT2D eigenvalue weighted by molar-refractivity contribution is 7.89. The molecule has 0 aliphatic carbocycles. The fourth-order valence-electron chi connectivity index (χ4n) is 4.15. The zero-order valence-corrected chi connectivity index (χ0v) is 20.3. The maximum absolute atomic E-state index is 13.3. The first kappa shape index (κ1) is 24.9. The van der Waals surface area contributed by atoms with Crippen LogP contribution in [0.4, 0.5) is 11.4 Å². The molecule has 0 bridgehead atoms. The van der Waals surface area contributed by atoms with Gasteiger partial charge < -0.3 is 9.64 Å². The van der Waals surface area contributed by atoms with Crippen molar-refractivity contribution in [2.24, 2.45) is 0 Å². The molecule has 0 N–H and O–H groups in total. The third-order valence-corrected chi connectivity index (χ3v) is 8.05. The summed E-state index contributed by atoms with van der Waals surface area (Å²) in [5, 5.41) is 11.4. The van der Waals surface area contributed by atoms with Gasteiger partial charge >= 0.3 is 0 Å². The van der Waals surface area contributed by atoms with Crippen LogP contribution in [0.2, 0.25) is 0 Å². The van der Waals surface area contributed by atoms with Gasteiger partial charge in [-0.15, -0.1) is 0 Å². The number of nitro benzene ring substituents is 1. The number of methoxy groups -OCH3 is 1. The van der Waals surface area contributed by atoms with Crippen molar-refractivity contribution in [3.63, 3.8) is 0 Å². The van der Waals surface area contributed by atoms with Crippen molar-refractivity contribution in [2.75, 3.05) is 51.3 Å². The zero-order chi connectivity index (χ0) is 24.0. The second-order valence-electron chi connectivity index (χ2n) is 7.96. The van der Waals surface area contributed by atoms with Crippen LogP contribution in [0, 0.1) is 10.1 Å². The molecule has 0 unspecified atom stereocenters. The van der Waals surface area contributed by atoms with E-state index in [1.54, 1.807) is 27.0 Å². The number of nitro groups is 1. The van der Waals surface area contributed by atoms with Crippen molar-refractivity contribution >= 4 is 21.4 Å². The van der Waals surface area contributed by atoms with Gasteiger partial charge in [0.15, 0.2) is 0 Å². The van der Waals surface area contributed by atoms with Gasteiger partial charge in [0.25, 0.3) is 5.69 Å². The quantitative estimate of drug-likeness (QED) is 0.404.